The number of hydrogen-bond donors (Lipinski definition) is 0. The van der Waals surface area contributed by atoms with Crippen LogP contribution >= 0.6 is 0 Å². The molecule has 0 fully saturated rings. The molecule has 0 aromatic heterocycles. The lowest BCUT2D eigenvalue weighted by Crippen LogP contribution is -2.15. The topological polar surface area (TPSA) is 0 Å². The fourth-order valence-corrected chi connectivity index (χ4v) is 1.89. The molecule has 3 heteroatoms. The van der Waals surface area contributed by atoms with Crippen LogP contribution in [0.4, 0.5) is 13.2 Å². The van der Waals surface area contributed by atoms with E-state index in [2.05, 4.69) is 0 Å². The van der Waals surface area contributed by atoms with Crippen LogP contribution < -0.4 is 0 Å². The van der Waals surface area contributed by atoms with E-state index >= 15 is 0 Å². The Labute approximate surface area is 98.5 Å². The highest BCUT2D eigenvalue weighted by atomic mass is 19.1. The van der Waals surface area contributed by atoms with Gasteiger partial charge in [0.05, 0.1) is 0 Å². The van der Waals surface area contributed by atoms with Gasteiger partial charge in [0.15, 0.2) is 0 Å². The third-order valence-electron chi connectivity index (χ3n) is 2.91. The standard InChI is InChI=1S/C14H13F3/c15-12-5-2-1-4-10(12)8-9-11-13(16)6-3-7-14(11)17/h1-3,6-10,12H,4-5H2/b9-8+. The normalized spacial score (nSPS) is 24.4. The van der Waals surface area contributed by atoms with Crippen LogP contribution in [0.2, 0.25) is 0 Å². The molecule has 0 heterocycles. The van der Waals surface area contributed by atoms with Gasteiger partial charge in [0.1, 0.15) is 17.8 Å². The first-order chi connectivity index (χ1) is 8.18. The first-order valence-corrected chi connectivity index (χ1v) is 5.60. The Hall–Kier alpha value is -1.51. The fraction of sp³-hybridized carbons (Fsp3) is 0.286. The van der Waals surface area contributed by atoms with E-state index in [9.17, 15) is 13.2 Å². The second kappa shape index (κ2) is 5.21. The van der Waals surface area contributed by atoms with Gasteiger partial charge < -0.3 is 0 Å². The van der Waals surface area contributed by atoms with Gasteiger partial charge in [0.2, 0.25) is 0 Å². The van der Waals surface area contributed by atoms with Crippen molar-refractivity contribution in [2.75, 3.05) is 0 Å². The minimum absolute atomic E-state index is 0.103. The first-order valence-electron chi connectivity index (χ1n) is 5.60. The summed E-state index contributed by atoms with van der Waals surface area (Å²) >= 11 is 0. The van der Waals surface area contributed by atoms with Crippen molar-refractivity contribution in [1.82, 2.24) is 0 Å². The van der Waals surface area contributed by atoms with Crippen molar-refractivity contribution < 1.29 is 13.2 Å². The van der Waals surface area contributed by atoms with E-state index in [0.717, 1.165) is 0 Å². The number of halogens is 3. The maximum atomic E-state index is 13.5. The van der Waals surface area contributed by atoms with Crippen molar-refractivity contribution in [3.63, 3.8) is 0 Å². The third kappa shape index (κ3) is 2.78. The van der Waals surface area contributed by atoms with Gasteiger partial charge in [-0.25, -0.2) is 13.2 Å². The summed E-state index contributed by atoms with van der Waals surface area (Å²) < 4.78 is 40.1. The number of rotatable bonds is 2. The van der Waals surface area contributed by atoms with Gasteiger partial charge in [-0.1, -0.05) is 30.4 Å². The van der Waals surface area contributed by atoms with Gasteiger partial charge >= 0.3 is 0 Å². The van der Waals surface area contributed by atoms with Crippen LogP contribution in [0.15, 0.2) is 36.4 Å². The fourth-order valence-electron chi connectivity index (χ4n) is 1.89. The van der Waals surface area contributed by atoms with E-state index in [0.29, 0.717) is 12.8 Å². The smallest absolute Gasteiger partial charge is 0.133 e. The summed E-state index contributed by atoms with van der Waals surface area (Å²) in [7, 11) is 0. The highest BCUT2D eigenvalue weighted by Crippen LogP contribution is 2.25. The molecule has 0 nitrogen and oxygen atoms in total. The van der Waals surface area contributed by atoms with Crippen molar-refractivity contribution in [3.05, 3.63) is 53.6 Å². The van der Waals surface area contributed by atoms with Crippen LogP contribution in [-0.4, -0.2) is 6.17 Å². The quantitative estimate of drug-likeness (QED) is 0.674. The minimum Gasteiger partial charge on any atom is -0.246 e. The highest BCUT2D eigenvalue weighted by Gasteiger charge is 2.19. The Morgan fingerprint density at radius 3 is 2.35 bits per heavy atom. The summed E-state index contributed by atoms with van der Waals surface area (Å²) in [6.07, 6.45) is 6.55. The molecule has 1 aliphatic rings. The molecular weight excluding hydrogens is 225 g/mol. The molecule has 0 saturated carbocycles. The van der Waals surface area contributed by atoms with E-state index < -0.39 is 17.8 Å². The lowest BCUT2D eigenvalue weighted by atomic mass is 9.91. The lowest BCUT2D eigenvalue weighted by molar-refractivity contribution is 0.258. The van der Waals surface area contributed by atoms with Crippen LogP contribution in [0.5, 0.6) is 0 Å². The van der Waals surface area contributed by atoms with Crippen LogP contribution in [0.25, 0.3) is 6.08 Å². The summed E-state index contributed by atoms with van der Waals surface area (Å²) in [4.78, 5) is 0. The highest BCUT2D eigenvalue weighted by molar-refractivity contribution is 5.51. The summed E-state index contributed by atoms with van der Waals surface area (Å²) in [6, 6.07) is 3.69. The van der Waals surface area contributed by atoms with E-state index in [1.54, 1.807) is 12.2 Å². The van der Waals surface area contributed by atoms with Gasteiger partial charge in [0, 0.05) is 11.5 Å². The Bertz CT molecular complexity index is 429. The van der Waals surface area contributed by atoms with Crippen LogP contribution in [-0.2, 0) is 0 Å². The molecule has 2 atom stereocenters. The minimum atomic E-state index is -0.967. The van der Waals surface area contributed by atoms with Crippen molar-refractivity contribution >= 4 is 6.08 Å². The Morgan fingerprint density at radius 1 is 1.06 bits per heavy atom. The average Bonchev–Trinajstić information content (AvgIpc) is 2.30. The largest absolute Gasteiger partial charge is 0.246 e. The van der Waals surface area contributed by atoms with Crippen molar-refractivity contribution in [3.8, 4) is 0 Å². The predicted molar refractivity (Wildman–Crippen MR) is 62.2 cm³/mol. The molecule has 0 radical (unpaired) electrons. The number of alkyl halides is 1. The Morgan fingerprint density at radius 2 is 1.71 bits per heavy atom. The lowest BCUT2D eigenvalue weighted by Gasteiger charge is -2.18. The maximum Gasteiger partial charge on any atom is 0.133 e. The summed E-state index contributed by atoms with van der Waals surface area (Å²) in [6.45, 7) is 0. The zero-order valence-electron chi connectivity index (χ0n) is 9.24. The maximum absolute atomic E-state index is 13.5. The van der Waals surface area contributed by atoms with Gasteiger partial charge in [-0.2, -0.15) is 0 Å². The second-order valence-electron chi connectivity index (χ2n) is 4.12. The summed E-state index contributed by atoms with van der Waals surface area (Å²) in [5.74, 6) is -1.54. The van der Waals surface area contributed by atoms with E-state index in [-0.39, 0.29) is 11.5 Å². The molecule has 0 N–H and O–H groups in total. The molecule has 2 unspecified atom stereocenters. The van der Waals surface area contributed by atoms with Gasteiger partial charge in [0.25, 0.3) is 0 Å². The Balaban J connectivity index is 2.17. The molecule has 0 bridgehead atoms. The average molecular weight is 238 g/mol. The summed E-state index contributed by atoms with van der Waals surface area (Å²) in [5.41, 5.74) is -0.103. The molecule has 2 rings (SSSR count). The monoisotopic (exact) mass is 238 g/mol. The van der Waals surface area contributed by atoms with E-state index in [4.69, 9.17) is 0 Å². The number of allylic oxidation sites excluding steroid dienone is 3. The molecule has 0 spiro atoms. The van der Waals surface area contributed by atoms with Crippen LogP contribution in [0.3, 0.4) is 0 Å². The van der Waals surface area contributed by atoms with Gasteiger partial charge in [-0.3, -0.25) is 0 Å². The molecule has 90 valence electrons. The van der Waals surface area contributed by atoms with Crippen molar-refractivity contribution in [2.24, 2.45) is 5.92 Å². The zero-order valence-corrected chi connectivity index (χ0v) is 9.24. The van der Waals surface area contributed by atoms with Gasteiger partial charge in [-0.15, -0.1) is 0 Å². The summed E-state index contributed by atoms with van der Waals surface area (Å²) in [5, 5.41) is 0. The van der Waals surface area contributed by atoms with E-state index in [1.807, 2.05) is 6.08 Å². The van der Waals surface area contributed by atoms with Gasteiger partial charge in [-0.05, 0) is 25.0 Å². The van der Waals surface area contributed by atoms with Crippen LogP contribution in [0.1, 0.15) is 18.4 Å². The number of hydrogen-bond acceptors (Lipinski definition) is 0. The second-order valence-corrected chi connectivity index (χ2v) is 4.12. The molecule has 0 saturated heterocycles. The third-order valence-corrected chi connectivity index (χ3v) is 2.91. The molecule has 1 aromatic carbocycles. The Kier molecular flexibility index (Phi) is 3.67. The van der Waals surface area contributed by atoms with E-state index in [1.165, 1.54) is 24.3 Å². The molecule has 1 aliphatic carbocycles. The zero-order chi connectivity index (χ0) is 12.3. The van der Waals surface area contributed by atoms with Crippen molar-refractivity contribution in [2.45, 2.75) is 19.0 Å². The molecule has 0 amide bonds. The van der Waals surface area contributed by atoms with Crippen LogP contribution in [0, 0.1) is 17.6 Å². The number of benzene rings is 1. The SMILES string of the molecule is Fc1cccc(F)c1/C=C/C1CC=CCC1F. The predicted octanol–water partition coefficient (Wildman–Crippen LogP) is 4.28. The molecule has 17 heavy (non-hydrogen) atoms. The van der Waals surface area contributed by atoms with Crippen molar-refractivity contribution in [1.29, 1.82) is 0 Å². The molecule has 1 aromatic rings. The first kappa shape index (κ1) is 12.0. The molecular formula is C14H13F3. The molecule has 0 aliphatic heterocycles.